The maximum absolute atomic E-state index is 11.1. The summed E-state index contributed by atoms with van der Waals surface area (Å²) in [7, 11) is 0. The van der Waals surface area contributed by atoms with E-state index in [0.717, 1.165) is 29.4 Å². The van der Waals surface area contributed by atoms with Gasteiger partial charge in [-0.05, 0) is 25.2 Å². The van der Waals surface area contributed by atoms with Crippen LogP contribution in [0.2, 0.25) is 0 Å². The lowest BCUT2D eigenvalue weighted by Gasteiger charge is -2.23. The van der Waals surface area contributed by atoms with Gasteiger partial charge in [0, 0.05) is 30.6 Å². The number of thiazole rings is 1. The Morgan fingerprint density at radius 2 is 2.27 bits per heavy atom. The van der Waals surface area contributed by atoms with E-state index in [1.165, 1.54) is 35.4 Å². The van der Waals surface area contributed by atoms with Crippen LogP contribution in [-0.4, -0.2) is 45.6 Å². The smallest absolute Gasteiger partial charge is 0.355 e. The van der Waals surface area contributed by atoms with Crippen molar-refractivity contribution < 1.29 is 24.5 Å². The van der Waals surface area contributed by atoms with Crippen molar-refractivity contribution >= 4 is 35.0 Å². The van der Waals surface area contributed by atoms with Crippen LogP contribution in [0.3, 0.4) is 0 Å². The number of carbonyl (C=O) groups excluding carboxylic acids is 1. The molecule has 1 saturated carbocycles. The van der Waals surface area contributed by atoms with E-state index in [1.807, 2.05) is 0 Å². The van der Waals surface area contributed by atoms with Crippen molar-refractivity contribution in [1.29, 1.82) is 0 Å². The van der Waals surface area contributed by atoms with Crippen molar-refractivity contribution in [3.05, 3.63) is 11.1 Å². The number of carboxylic acids is 1. The fourth-order valence-corrected chi connectivity index (χ4v) is 4.73. The summed E-state index contributed by atoms with van der Waals surface area (Å²) in [5.41, 5.74) is 0.0689. The molecule has 1 fully saturated rings. The zero-order chi connectivity index (χ0) is 16.1. The number of aliphatic hydroxyl groups is 1. The van der Waals surface area contributed by atoms with Crippen molar-refractivity contribution in [2.75, 3.05) is 12.4 Å². The fourth-order valence-electron chi connectivity index (χ4n) is 2.82. The lowest BCUT2D eigenvalue weighted by molar-refractivity contribution is -0.148. The molecule has 0 bridgehead atoms. The Morgan fingerprint density at radius 3 is 2.86 bits per heavy atom. The highest BCUT2D eigenvalue weighted by atomic mass is 32.2. The standard InChI is InChI=1S/C14H19NO5S2/c1-8(17)20-12-3-2-9(6-16)10(12)4-5-21-14-15-11(7-22-14)13(18)19/h7,9-10,12,16H,2-6H2,1H3,(H,18,19). The van der Waals surface area contributed by atoms with Gasteiger partial charge in [-0.25, -0.2) is 9.78 Å². The molecule has 2 rings (SSSR count). The van der Waals surface area contributed by atoms with Gasteiger partial charge in [0.1, 0.15) is 6.10 Å². The number of nitrogens with zero attached hydrogens (tertiary/aromatic N) is 1. The second kappa shape index (κ2) is 7.94. The Hall–Kier alpha value is -1.12. The summed E-state index contributed by atoms with van der Waals surface area (Å²) < 4.78 is 6.07. The van der Waals surface area contributed by atoms with Gasteiger partial charge in [0.05, 0.1) is 0 Å². The number of esters is 1. The van der Waals surface area contributed by atoms with Crippen molar-refractivity contribution in [2.45, 2.75) is 36.6 Å². The molecular weight excluding hydrogens is 326 g/mol. The van der Waals surface area contributed by atoms with Gasteiger partial charge in [0.15, 0.2) is 10.0 Å². The van der Waals surface area contributed by atoms with Gasteiger partial charge in [0.25, 0.3) is 0 Å². The lowest BCUT2D eigenvalue weighted by atomic mass is 9.93. The first kappa shape index (κ1) is 17.2. The quantitative estimate of drug-likeness (QED) is 0.578. The van der Waals surface area contributed by atoms with E-state index < -0.39 is 5.97 Å². The van der Waals surface area contributed by atoms with Crippen LogP contribution in [0.1, 0.15) is 36.7 Å². The molecule has 6 nitrogen and oxygen atoms in total. The molecule has 1 heterocycles. The molecule has 0 amide bonds. The molecule has 22 heavy (non-hydrogen) atoms. The highest BCUT2D eigenvalue weighted by Gasteiger charge is 2.37. The molecule has 0 radical (unpaired) electrons. The van der Waals surface area contributed by atoms with Crippen LogP contribution in [0.5, 0.6) is 0 Å². The first-order valence-corrected chi connectivity index (χ1v) is 8.97. The minimum absolute atomic E-state index is 0.0689. The minimum Gasteiger partial charge on any atom is -0.476 e. The maximum Gasteiger partial charge on any atom is 0.355 e. The summed E-state index contributed by atoms with van der Waals surface area (Å²) in [4.78, 5) is 26.0. The van der Waals surface area contributed by atoms with Crippen molar-refractivity contribution in [1.82, 2.24) is 4.98 Å². The third-order valence-electron chi connectivity index (χ3n) is 3.84. The molecule has 1 aliphatic rings. The zero-order valence-corrected chi connectivity index (χ0v) is 13.9. The van der Waals surface area contributed by atoms with Gasteiger partial charge in [-0.1, -0.05) is 11.8 Å². The summed E-state index contributed by atoms with van der Waals surface area (Å²) in [5, 5.41) is 19.8. The van der Waals surface area contributed by atoms with Gasteiger partial charge in [-0.2, -0.15) is 0 Å². The highest BCUT2D eigenvalue weighted by molar-refractivity contribution is 8.01. The molecule has 0 spiro atoms. The van der Waals surface area contributed by atoms with Crippen LogP contribution in [0, 0.1) is 11.8 Å². The topological polar surface area (TPSA) is 96.7 Å². The predicted molar refractivity (Wildman–Crippen MR) is 83.3 cm³/mol. The molecule has 1 aromatic heterocycles. The number of hydrogen-bond donors (Lipinski definition) is 2. The molecule has 0 saturated heterocycles. The maximum atomic E-state index is 11.1. The van der Waals surface area contributed by atoms with Gasteiger partial charge in [-0.15, -0.1) is 11.3 Å². The molecule has 1 aliphatic carbocycles. The van der Waals surface area contributed by atoms with Gasteiger partial charge in [-0.3, -0.25) is 4.79 Å². The Morgan fingerprint density at radius 1 is 1.50 bits per heavy atom. The Balaban J connectivity index is 1.86. The third kappa shape index (κ3) is 4.44. The van der Waals surface area contributed by atoms with Gasteiger partial charge in [0.2, 0.25) is 0 Å². The summed E-state index contributed by atoms with van der Waals surface area (Å²) in [5.74, 6) is -0.233. The summed E-state index contributed by atoms with van der Waals surface area (Å²) in [6.45, 7) is 1.51. The molecule has 0 aliphatic heterocycles. The molecule has 3 unspecified atom stereocenters. The number of thioether (sulfide) groups is 1. The van der Waals surface area contributed by atoms with E-state index in [-0.39, 0.29) is 36.2 Å². The molecule has 122 valence electrons. The van der Waals surface area contributed by atoms with Gasteiger partial charge >= 0.3 is 11.9 Å². The van der Waals surface area contributed by atoms with Crippen LogP contribution >= 0.6 is 23.1 Å². The second-order valence-corrected chi connectivity index (χ2v) is 7.47. The summed E-state index contributed by atoms with van der Waals surface area (Å²) in [6, 6.07) is 0. The SMILES string of the molecule is CC(=O)OC1CCC(CO)C1CCSc1nc(C(=O)O)cs1. The summed E-state index contributed by atoms with van der Waals surface area (Å²) >= 11 is 2.82. The van der Waals surface area contributed by atoms with Crippen molar-refractivity contribution in [3.63, 3.8) is 0 Å². The van der Waals surface area contributed by atoms with Crippen molar-refractivity contribution in [2.24, 2.45) is 11.8 Å². The first-order valence-electron chi connectivity index (χ1n) is 7.11. The number of aromatic nitrogens is 1. The predicted octanol–water partition coefficient (Wildman–Crippen LogP) is 2.27. The average molecular weight is 345 g/mol. The van der Waals surface area contributed by atoms with E-state index in [1.54, 1.807) is 0 Å². The van der Waals surface area contributed by atoms with E-state index >= 15 is 0 Å². The van der Waals surface area contributed by atoms with Crippen LogP contribution in [0.4, 0.5) is 0 Å². The van der Waals surface area contributed by atoms with E-state index in [0.29, 0.717) is 0 Å². The fraction of sp³-hybridized carbons (Fsp3) is 0.643. The van der Waals surface area contributed by atoms with E-state index in [9.17, 15) is 14.7 Å². The Labute approximate surface area is 136 Å². The van der Waals surface area contributed by atoms with E-state index in [4.69, 9.17) is 9.84 Å². The summed E-state index contributed by atoms with van der Waals surface area (Å²) in [6.07, 6.45) is 2.33. The van der Waals surface area contributed by atoms with Gasteiger partial charge < -0.3 is 14.9 Å². The highest BCUT2D eigenvalue weighted by Crippen LogP contribution is 2.38. The number of carbonyl (C=O) groups is 2. The Bertz CT molecular complexity index is 533. The lowest BCUT2D eigenvalue weighted by Crippen LogP contribution is -2.26. The molecule has 3 atom stereocenters. The molecule has 2 N–H and O–H groups in total. The third-order valence-corrected chi connectivity index (χ3v) is 5.89. The molecule has 8 heteroatoms. The van der Waals surface area contributed by atoms with Crippen molar-refractivity contribution in [3.8, 4) is 0 Å². The normalized spacial score (nSPS) is 24.4. The first-order chi connectivity index (χ1) is 10.5. The van der Waals surface area contributed by atoms with E-state index in [2.05, 4.69) is 4.98 Å². The largest absolute Gasteiger partial charge is 0.476 e. The molecule has 0 aromatic carbocycles. The number of ether oxygens (including phenoxy) is 1. The Kier molecular flexibility index (Phi) is 6.22. The monoisotopic (exact) mass is 345 g/mol. The minimum atomic E-state index is -1.02. The second-order valence-electron chi connectivity index (χ2n) is 5.27. The number of hydrogen-bond acceptors (Lipinski definition) is 7. The number of aromatic carboxylic acids is 1. The number of rotatable bonds is 7. The average Bonchev–Trinajstić information content (AvgIpc) is 3.06. The molecule has 1 aromatic rings. The van der Waals surface area contributed by atoms with Crippen LogP contribution in [-0.2, 0) is 9.53 Å². The van der Waals surface area contributed by atoms with Crippen LogP contribution in [0.25, 0.3) is 0 Å². The van der Waals surface area contributed by atoms with Crippen LogP contribution < -0.4 is 0 Å². The number of carboxylic acid groups (broad SMARTS) is 1. The number of aliphatic hydroxyl groups excluding tert-OH is 1. The molecular formula is C14H19NO5S2. The van der Waals surface area contributed by atoms with Crippen LogP contribution in [0.15, 0.2) is 9.72 Å². The zero-order valence-electron chi connectivity index (χ0n) is 12.2.